The maximum atomic E-state index is 3.63. The van der Waals surface area contributed by atoms with Crippen molar-refractivity contribution in [3.63, 3.8) is 0 Å². The molecule has 14 heavy (non-hydrogen) atoms. The topological polar surface area (TPSA) is 24.1 Å². The molecule has 2 fully saturated rings. The predicted octanol–water partition coefficient (Wildman–Crippen LogP) is 1.77. The van der Waals surface area contributed by atoms with Gasteiger partial charge in [0, 0.05) is 13.1 Å². The van der Waals surface area contributed by atoms with Crippen LogP contribution in [0.1, 0.15) is 39.0 Å². The third-order valence-electron chi connectivity index (χ3n) is 3.66. The first-order valence-electron chi connectivity index (χ1n) is 6.20. The lowest BCUT2D eigenvalue weighted by molar-refractivity contribution is 0.226. The molecule has 2 rings (SSSR count). The van der Waals surface area contributed by atoms with Gasteiger partial charge >= 0.3 is 0 Å². The first-order valence-corrected chi connectivity index (χ1v) is 6.20. The smallest absolute Gasteiger partial charge is 0.00173 e. The van der Waals surface area contributed by atoms with Gasteiger partial charge in [-0.3, -0.25) is 0 Å². The van der Waals surface area contributed by atoms with Crippen LogP contribution in [-0.4, -0.2) is 26.2 Å². The summed E-state index contributed by atoms with van der Waals surface area (Å²) in [5.74, 6) is 1.07. The number of hydrogen-bond donors (Lipinski definition) is 2. The van der Waals surface area contributed by atoms with Crippen molar-refractivity contribution in [2.24, 2.45) is 11.3 Å². The molecular formula is C12H24N2. The lowest BCUT2D eigenvalue weighted by atomic mass is 9.83. The molecule has 2 nitrogen and oxygen atoms in total. The predicted molar refractivity (Wildman–Crippen MR) is 60.4 cm³/mol. The van der Waals surface area contributed by atoms with Crippen molar-refractivity contribution in [1.82, 2.24) is 10.6 Å². The van der Waals surface area contributed by atoms with Gasteiger partial charge in [-0.1, -0.05) is 19.8 Å². The van der Waals surface area contributed by atoms with Crippen LogP contribution in [-0.2, 0) is 0 Å². The summed E-state index contributed by atoms with van der Waals surface area (Å²) in [5, 5.41) is 7.12. The molecule has 0 spiro atoms. The van der Waals surface area contributed by atoms with Gasteiger partial charge in [-0.15, -0.1) is 0 Å². The zero-order valence-corrected chi connectivity index (χ0v) is 9.44. The zero-order chi connectivity index (χ0) is 9.86. The van der Waals surface area contributed by atoms with Gasteiger partial charge in [-0.25, -0.2) is 0 Å². The van der Waals surface area contributed by atoms with Gasteiger partial charge < -0.3 is 10.6 Å². The van der Waals surface area contributed by atoms with Crippen LogP contribution in [0.2, 0.25) is 0 Å². The number of piperidine rings is 1. The average molecular weight is 196 g/mol. The molecule has 82 valence electrons. The fourth-order valence-corrected chi connectivity index (χ4v) is 2.37. The Morgan fingerprint density at radius 2 is 2.29 bits per heavy atom. The molecule has 1 saturated heterocycles. The Morgan fingerprint density at radius 3 is 2.93 bits per heavy atom. The minimum absolute atomic E-state index is 0.516. The highest BCUT2D eigenvalue weighted by Gasteiger charge is 2.26. The minimum Gasteiger partial charge on any atom is -0.316 e. The largest absolute Gasteiger partial charge is 0.316 e. The standard InChI is InChI=1S/C12H24N2/c1-12(6-2-7-13-9-12)10-14-8-5-11-3-4-11/h11,13-14H,2-10H2,1H3. The summed E-state index contributed by atoms with van der Waals surface area (Å²) in [7, 11) is 0. The van der Waals surface area contributed by atoms with Gasteiger partial charge in [0.15, 0.2) is 0 Å². The second-order valence-electron chi connectivity index (χ2n) is 5.50. The van der Waals surface area contributed by atoms with Gasteiger partial charge in [0.1, 0.15) is 0 Å². The van der Waals surface area contributed by atoms with Crippen LogP contribution in [0, 0.1) is 11.3 Å². The highest BCUT2D eigenvalue weighted by Crippen LogP contribution is 2.32. The summed E-state index contributed by atoms with van der Waals surface area (Å²) in [6.45, 7) is 7.26. The number of hydrogen-bond acceptors (Lipinski definition) is 2. The Labute approximate surface area is 87.8 Å². The van der Waals surface area contributed by atoms with E-state index in [0.717, 1.165) is 5.92 Å². The van der Waals surface area contributed by atoms with E-state index in [9.17, 15) is 0 Å². The van der Waals surface area contributed by atoms with Crippen LogP contribution in [0.25, 0.3) is 0 Å². The van der Waals surface area contributed by atoms with E-state index in [-0.39, 0.29) is 0 Å². The van der Waals surface area contributed by atoms with Crippen LogP contribution in [0.3, 0.4) is 0 Å². The molecule has 0 aromatic rings. The van der Waals surface area contributed by atoms with Gasteiger partial charge in [-0.2, -0.15) is 0 Å². The van der Waals surface area contributed by atoms with Crippen LogP contribution in [0.4, 0.5) is 0 Å². The van der Waals surface area contributed by atoms with E-state index in [1.165, 1.54) is 58.3 Å². The molecule has 0 aromatic heterocycles. The maximum Gasteiger partial charge on any atom is 0.00173 e. The molecule has 1 heterocycles. The molecule has 1 atom stereocenters. The Balaban J connectivity index is 1.57. The lowest BCUT2D eigenvalue weighted by Gasteiger charge is -2.34. The van der Waals surface area contributed by atoms with Gasteiger partial charge in [0.05, 0.1) is 0 Å². The van der Waals surface area contributed by atoms with Gasteiger partial charge in [-0.05, 0) is 43.7 Å². The Kier molecular flexibility index (Phi) is 3.45. The summed E-state index contributed by atoms with van der Waals surface area (Å²) in [6, 6.07) is 0. The molecule has 2 heteroatoms. The third-order valence-corrected chi connectivity index (χ3v) is 3.66. The molecule has 1 aliphatic heterocycles. The molecular weight excluding hydrogens is 172 g/mol. The number of rotatable bonds is 5. The molecule has 0 radical (unpaired) electrons. The van der Waals surface area contributed by atoms with E-state index < -0.39 is 0 Å². The molecule has 1 saturated carbocycles. The first kappa shape index (κ1) is 10.4. The summed E-state index contributed by atoms with van der Waals surface area (Å²) < 4.78 is 0. The summed E-state index contributed by atoms with van der Waals surface area (Å²) in [4.78, 5) is 0. The normalized spacial score (nSPS) is 33.2. The molecule has 1 unspecified atom stereocenters. The van der Waals surface area contributed by atoms with Crippen molar-refractivity contribution in [2.45, 2.75) is 39.0 Å². The van der Waals surface area contributed by atoms with Crippen molar-refractivity contribution >= 4 is 0 Å². The van der Waals surface area contributed by atoms with Crippen molar-refractivity contribution in [2.75, 3.05) is 26.2 Å². The van der Waals surface area contributed by atoms with E-state index in [1.54, 1.807) is 0 Å². The Hall–Kier alpha value is -0.0800. The van der Waals surface area contributed by atoms with Crippen molar-refractivity contribution < 1.29 is 0 Å². The molecule has 0 bridgehead atoms. The van der Waals surface area contributed by atoms with Crippen LogP contribution < -0.4 is 10.6 Å². The Bertz CT molecular complexity index is 169. The molecule has 0 aromatic carbocycles. The van der Waals surface area contributed by atoms with Crippen molar-refractivity contribution in [3.05, 3.63) is 0 Å². The van der Waals surface area contributed by atoms with E-state index in [0.29, 0.717) is 5.41 Å². The zero-order valence-electron chi connectivity index (χ0n) is 9.44. The Morgan fingerprint density at radius 1 is 1.43 bits per heavy atom. The monoisotopic (exact) mass is 196 g/mol. The molecule has 1 aliphatic carbocycles. The van der Waals surface area contributed by atoms with Crippen molar-refractivity contribution in [3.8, 4) is 0 Å². The third kappa shape index (κ3) is 3.25. The van der Waals surface area contributed by atoms with Gasteiger partial charge in [0.2, 0.25) is 0 Å². The quantitative estimate of drug-likeness (QED) is 0.655. The van der Waals surface area contributed by atoms with Crippen LogP contribution >= 0.6 is 0 Å². The molecule has 2 N–H and O–H groups in total. The summed E-state index contributed by atoms with van der Waals surface area (Å²) in [5.41, 5.74) is 0.516. The van der Waals surface area contributed by atoms with E-state index in [1.807, 2.05) is 0 Å². The second kappa shape index (κ2) is 4.63. The molecule has 2 aliphatic rings. The first-order chi connectivity index (χ1) is 6.79. The van der Waals surface area contributed by atoms with E-state index in [2.05, 4.69) is 17.6 Å². The van der Waals surface area contributed by atoms with Crippen LogP contribution in [0.15, 0.2) is 0 Å². The van der Waals surface area contributed by atoms with E-state index >= 15 is 0 Å². The van der Waals surface area contributed by atoms with Crippen molar-refractivity contribution in [1.29, 1.82) is 0 Å². The highest BCUT2D eigenvalue weighted by molar-refractivity contribution is 4.83. The molecule has 0 amide bonds. The lowest BCUT2D eigenvalue weighted by Crippen LogP contribution is -2.44. The van der Waals surface area contributed by atoms with E-state index in [4.69, 9.17) is 0 Å². The fraction of sp³-hybridized carbons (Fsp3) is 1.00. The second-order valence-corrected chi connectivity index (χ2v) is 5.50. The van der Waals surface area contributed by atoms with Crippen LogP contribution in [0.5, 0.6) is 0 Å². The number of nitrogens with one attached hydrogen (secondary N) is 2. The highest BCUT2D eigenvalue weighted by atomic mass is 14.9. The summed E-state index contributed by atoms with van der Waals surface area (Å²) in [6.07, 6.45) is 7.11. The average Bonchev–Trinajstić information content (AvgIpc) is 2.97. The minimum atomic E-state index is 0.516. The fourth-order valence-electron chi connectivity index (χ4n) is 2.37. The maximum absolute atomic E-state index is 3.63. The summed E-state index contributed by atoms with van der Waals surface area (Å²) >= 11 is 0. The SMILES string of the molecule is CC1(CNCCC2CC2)CCCNC1. The van der Waals surface area contributed by atoms with Gasteiger partial charge in [0.25, 0.3) is 0 Å².